The van der Waals surface area contributed by atoms with Crippen LogP contribution in [0.15, 0.2) is 0 Å². The molecule has 1 saturated heterocycles. The Hall–Kier alpha value is -0.650. The maximum atomic E-state index is 11.6. The van der Waals surface area contributed by atoms with Gasteiger partial charge in [0.2, 0.25) is 5.91 Å². The Kier molecular flexibility index (Phi) is 5.01. The first-order valence-corrected chi connectivity index (χ1v) is 5.12. The summed E-state index contributed by atoms with van der Waals surface area (Å²) in [4.78, 5) is 11.6. The van der Waals surface area contributed by atoms with Crippen LogP contribution in [0.25, 0.3) is 0 Å². The standard InChI is InChI=1S/C10H19NO4/c1-7-4-8(6-15-7)10(12)11-5-9(13-2)14-3/h7-9H,4-6H2,1-3H3,(H,11,12). The van der Waals surface area contributed by atoms with Crippen LogP contribution in [0.5, 0.6) is 0 Å². The van der Waals surface area contributed by atoms with Crippen molar-refractivity contribution < 1.29 is 19.0 Å². The smallest absolute Gasteiger partial charge is 0.225 e. The first-order chi connectivity index (χ1) is 7.17. The molecule has 5 heteroatoms. The van der Waals surface area contributed by atoms with Crippen molar-refractivity contribution in [2.45, 2.75) is 25.7 Å². The second kappa shape index (κ2) is 6.05. The molecule has 2 unspecified atom stereocenters. The molecule has 88 valence electrons. The molecule has 0 aromatic rings. The van der Waals surface area contributed by atoms with Crippen LogP contribution in [0.3, 0.4) is 0 Å². The summed E-state index contributed by atoms with van der Waals surface area (Å²) in [6.07, 6.45) is 0.589. The van der Waals surface area contributed by atoms with Crippen molar-refractivity contribution in [2.24, 2.45) is 5.92 Å². The van der Waals surface area contributed by atoms with Gasteiger partial charge in [0.25, 0.3) is 0 Å². The molecule has 2 atom stereocenters. The summed E-state index contributed by atoms with van der Waals surface area (Å²) in [6, 6.07) is 0. The third-order valence-corrected chi connectivity index (χ3v) is 2.54. The number of ether oxygens (including phenoxy) is 3. The summed E-state index contributed by atoms with van der Waals surface area (Å²) < 4.78 is 15.3. The van der Waals surface area contributed by atoms with Crippen molar-refractivity contribution in [1.29, 1.82) is 0 Å². The fourth-order valence-corrected chi connectivity index (χ4v) is 1.59. The van der Waals surface area contributed by atoms with E-state index in [4.69, 9.17) is 14.2 Å². The lowest BCUT2D eigenvalue weighted by Crippen LogP contribution is -2.38. The summed E-state index contributed by atoms with van der Waals surface area (Å²) in [5, 5.41) is 2.78. The van der Waals surface area contributed by atoms with Crippen LogP contribution < -0.4 is 5.32 Å². The van der Waals surface area contributed by atoms with Crippen molar-refractivity contribution in [2.75, 3.05) is 27.4 Å². The molecule has 1 heterocycles. The van der Waals surface area contributed by atoms with E-state index in [0.29, 0.717) is 13.2 Å². The highest BCUT2D eigenvalue weighted by atomic mass is 16.7. The van der Waals surface area contributed by atoms with Crippen molar-refractivity contribution >= 4 is 5.91 Å². The zero-order valence-electron chi connectivity index (χ0n) is 9.49. The van der Waals surface area contributed by atoms with E-state index in [2.05, 4.69) is 5.32 Å². The topological polar surface area (TPSA) is 56.8 Å². The van der Waals surface area contributed by atoms with Gasteiger partial charge < -0.3 is 19.5 Å². The molecule has 1 rings (SSSR count). The Morgan fingerprint density at radius 2 is 2.20 bits per heavy atom. The minimum atomic E-state index is -0.381. The number of carbonyl (C=O) groups is 1. The number of methoxy groups -OCH3 is 2. The number of hydrogen-bond acceptors (Lipinski definition) is 4. The second-order valence-corrected chi connectivity index (χ2v) is 3.72. The summed E-state index contributed by atoms with van der Waals surface area (Å²) in [6.45, 7) is 2.86. The van der Waals surface area contributed by atoms with E-state index >= 15 is 0 Å². The molecular formula is C10H19NO4. The van der Waals surface area contributed by atoms with Crippen LogP contribution in [0.4, 0.5) is 0 Å². The molecule has 0 spiro atoms. The Morgan fingerprint density at radius 3 is 2.67 bits per heavy atom. The van der Waals surface area contributed by atoms with Gasteiger partial charge >= 0.3 is 0 Å². The highest BCUT2D eigenvalue weighted by Crippen LogP contribution is 2.18. The van der Waals surface area contributed by atoms with Crippen LogP contribution >= 0.6 is 0 Å². The Bertz CT molecular complexity index is 206. The predicted octanol–water partition coefficient (Wildman–Crippen LogP) is 0.147. The van der Waals surface area contributed by atoms with Crippen molar-refractivity contribution in [3.05, 3.63) is 0 Å². The zero-order valence-corrected chi connectivity index (χ0v) is 9.49. The molecule has 1 amide bonds. The maximum Gasteiger partial charge on any atom is 0.225 e. The van der Waals surface area contributed by atoms with E-state index in [1.54, 1.807) is 14.2 Å². The van der Waals surface area contributed by atoms with E-state index in [1.165, 1.54) is 0 Å². The number of nitrogens with one attached hydrogen (secondary N) is 1. The van der Waals surface area contributed by atoms with E-state index in [0.717, 1.165) is 6.42 Å². The minimum Gasteiger partial charge on any atom is -0.378 e. The van der Waals surface area contributed by atoms with E-state index in [-0.39, 0.29) is 24.2 Å². The lowest BCUT2D eigenvalue weighted by atomic mass is 10.1. The number of rotatable bonds is 5. The SMILES string of the molecule is COC(CNC(=O)C1COC(C)C1)OC. The van der Waals surface area contributed by atoms with Gasteiger partial charge in [-0.1, -0.05) is 0 Å². The molecule has 0 aromatic heterocycles. The van der Waals surface area contributed by atoms with Crippen LogP contribution in [0, 0.1) is 5.92 Å². The number of hydrogen-bond donors (Lipinski definition) is 1. The third-order valence-electron chi connectivity index (χ3n) is 2.54. The fourth-order valence-electron chi connectivity index (χ4n) is 1.59. The van der Waals surface area contributed by atoms with Crippen molar-refractivity contribution in [1.82, 2.24) is 5.32 Å². The van der Waals surface area contributed by atoms with E-state index in [1.807, 2.05) is 6.92 Å². The van der Waals surface area contributed by atoms with Crippen LogP contribution in [-0.4, -0.2) is 45.7 Å². The first kappa shape index (κ1) is 12.4. The maximum absolute atomic E-state index is 11.6. The molecule has 5 nitrogen and oxygen atoms in total. The molecule has 1 aliphatic heterocycles. The van der Waals surface area contributed by atoms with Gasteiger partial charge in [-0.05, 0) is 13.3 Å². The second-order valence-electron chi connectivity index (χ2n) is 3.72. The molecule has 1 N–H and O–H groups in total. The molecule has 15 heavy (non-hydrogen) atoms. The molecule has 0 bridgehead atoms. The van der Waals surface area contributed by atoms with Crippen molar-refractivity contribution in [3.8, 4) is 0 Å². The monoisotopic (exact) mass is 217 g/mol. The Morgan fingerprint density at radius 1 is 1.53 bits per heavy atom. The van der Waals surface area contributed by atoms with Crippen LogP contribution in [-0.2, 0) is 19.0 Å². The van der Waals surface area contributed by atoms with Gasteiger partial charge in [0.1, 0.15) is 0 Å². The molecular weight excluding hydrogens is 198 g/mol. The lowest BCUT2D eigenvalue weighted by Gasteiger charge is -2.15. The Labute approximate surface area is 90.1 Å². The van der Waals surface area contributed by atoms with E-state index < -0.39 is 0 Å². The number of amides is 1. The predicted molar refractivity (Wildman–Crippen MR) is 54.3 cm³/mol. The minimum absolute atomic E-state index is 0.0125. The molecule has 0 saturated carbocycles. The summed E-state index contributed by atoms with van der Waals surface area (Å²) in [5.74, 6) is -0.0205. The van der Waals surface area contributed by atoms with Crippen LogP contribution in [0.1, 0.15) is 13.3 Å². The zero-order chi connectivity index (χ0) is 11.3. The van der Waals surface area contributed by atoms with Gasteiger partial charge in [-0.15, -0.1) is 0 Å². The molecule has 1 fully saturated rings. The third kappa shape index (κ3) is 3.77. The Balaban J connectivity index is 2.23. The first-order valence-electron chi connectivity index (χ1n) is 5.12. The average Bonchev–Trinajstić information content (AvgIpc) is 2.66. The fraction of sp³-hybridized carbons (Fsp3) is 0.900. The molecule has 0 aromatic carbocycles. The van der Waals surface area contributed by atoms with Gasteiger partial charge in [-0.2, -0.15) is 0 Å². The van der Waals surface area contributed by atoms with Crippen molar-refractivity contribution in [3.63, 3.8) is 0 Å². The summed E-state index contributed by atoms with van der Waals surface area (Å²) >= 11 is 0. The van der Waals surface area contributed by atoms with Gasteiger partial charge in [0, 0.05) is 14.2 Å². The quantitative estimate of drug-likeness (QED) is 0.666. The van der Waals surface area contributed by atoms with E-state index in [9.17, 15) is 4.79 Å². The van der Waals surface area contributed by atoms with Crippen LogP contribution in [0.2, 0.25) is 0 Å². The average molecular weight is 217 g/mol. The summed E-state index contributed by atoms with van der Waals surface area (Å²) in [5.41, 5.74) is 0. The largest absolute Gasteiger partial charge is 0.378 e. The number of carbonyl (C=O) groups excluding carboxylic acids is 1. The molecule has 0 radical (unpaired) electrons. The van der Waals surface area contributed by atoms with Gasteiger partial charge in [0.05, 0.1) is 25.2 Å². The highest BCUT2D eigenvalue weighted by molar-refractivity contribution is 5.79. The normalized spacial score (nSPS) is 25.9. The van der Waals surface area contributed by atoms with Gasteiger partial charge in [-0.25, -0.2) is 0 Å². The molecule has 1 aliphatic rings. The molecule has 0 aliphatic carbocycles. The summed E-state index contributed by atoms with van der Waals surface area (Å²) in [7, 11) is 3.09. The lowest BCUT2D eigenvalue weighted by molar-refractivity contribution is -0.130. The van der Waals surface area contributed by atoms with Gasteiger partial charge in [0.15, 0.2) is 6.29 Å². The van der Waals surface area contributed by atoms with Gasteiger partial charge in [-0.3, -0.25) is 4.79 Å². The highest BCUT2D eigenvalue weighted by Gasteiger charge is 2.28.